The van der Waals surface area contributed by atoms with E-state index in [0.29, 0.717) is 26.3 Å². The number of likely N-dealkylation sites (tertiary alicyclic amines) is 1. The predicted octanol–water partition coefficient (Wildman–Crippen LogP) is -0.368. The number of amides is 2. The van der Waals surface area contributed by atoms with E-state index in [2.05, 4.69) is 5.32 Å². The lowest BCUT2D eigenvalue weighted by molar-refractivity contribution is -0.130. The first-order chi connectivity index (χ1) is 8.60. The van der Waals surface area contributed by atoms with Crippen LogP contribution in [-0.4, -0.2) is 63.3 Å². The van der Waals surface area contributed by atoms with Gasteiger partial charge < -0.3 is 19.7 Å². The quantitative estimate of drug-likeness (QED) is 0.633. The summed E-state index contributed by atoms with van der Waals surface area (Å²) in [5, 5.41) is 2.76. The fraction of sp³-hybridized carbons (Fsp3) is 0.833. The van der Waals surface area contributed by atoms with Gasteiger partial charge in [0.05, 0.1) is 25.2 Å². The molecule has 0 saturated carbocycles. The Bertz CT molecular complexity index is 296. The SMILES string of the molecule is COCCNC(=O)[C@H]1CC(=O)N([C@@H](C)COC)C1. The second kappa shape index (κ2) is 7.33. The van der Waals surface area contributed by atoms with Crippen molar-refractivity contribution in [1.82, 2.24) is 10.2 Å². The fourth-order valence-electron chi connectivity index (χ4n) is 2.09. The molecule has 0 aromatic rings. The van der Waals surface area contributed by atoms with Gasteiger partial charge in [-0.2, -0.15) is 0 Å². The van der Waals surface area contributed by atoms with Crippen LogP contribution in [0.3, 0.4) is 0 Å². The first kappa shape index (κ1) is 14.9. The zero-order valence-corrected chi connectivity index (χ0v) is 11.3. The van der Waals surface area contributed by atoms with Gasteiger partial charge in [0.1, 0.15) is 0 Å². The Morgan fingerprint density at radius 2 is 2.22 bits per heavy atom. The average molecular weight is 258 g/mol. The monoisotopic (exact) mass is 258 g/mol. The molecule has 0 radical (unpaired) electrons. The van der Waals surface area contributed by atoms with Crippen molar-refractivity contribution in [2.45, 2.75) is 19.4 Å². The molecule has 0 spiro atoms. The van der Waals surface area contributed by atoms with Gasteiger partial charge in [-0.1, -0.05) is 0 Å². The lowest BCUT2D eigenvalue weighted by Crippen LogP contribution is -2.39. The molecule has 6 nitrogen and oxygen atoms in total. The van der Waals surface area contributed by atoms with Crippen molar-refractivity contribution >= 4 is 11.8 Å². The van der Waals surface area contributed by atoms with Crippen LogP contribution in [0.1, 0.15) is 13.3 Å². The summed E-state index contributed by atoms with van der Waals surface area (Å²) in [6, 6.07) is 0.0132. The van der Waals surface area contributed by atoms with E-state index in [-0.39, 0.29) is 30.2 Å². The van der Waals surface area contributed by atoms with Crippen molar-refractivity contribution in [1.29, 1.82) is 0 Å². The highest BCUT2D eigenvalue weighted by Crippen LogP contribution is 2.20. The summed E-state index contributed by atoms with van der Waals surface area (Å²) in [6.45, 7) is 3.85. The van der Waals surface area contributed by atoms with E-state index in [0.717, 1.165) is 0 Å². The van der Waals surface area contributed by atoms with Crippen LogP contribution in [0.25, 0.3) is 0 Å². The maximum absolute atomic E-state index is 11.8. The van der Waals surface area contributed by atoms with Crippen molar-refractivity contribution < 1.29 is 19.1 Å². The first-order valence-corrected chi connectivity index (χ1v) is 6.15. The molecule has 6 heteroatoms. The van der Waals surface area contributed by atoms with Crippen LogP contribution >= 0.6 is 0 Å². The lowest BCUT2D eigenvalue weighted by atomic mass is 10.1. The fourth-order valence-corrected chi connectivity index (χ4v) is 2.09. The van der Waals surface area contributed by atoms with E-state index in [9.17, 15) is 9.59 Å². The molecule has 2 amide bonds. The van der Waals surface area contributed by atoms with Crippen LogP contribution in [0.15, 0.2) is 0 Å². The smallest absolute Gasteiger partial charge is 0.225 e. The normalized spacial score (nSPS) is 21.2. The molecule has 1 rings (SSSR count). The van der Waals surface area contributed by atoms with Crippen LogP contribution < -0.4 is 5.32 Å². The molecular formula is C12H22N2O4. The molecule has 18 heavy (non-hydrogen) atoms. The number of methoxy groups -OCH3 is 2. The Morgan fingerprint density at radius 1 is 1.50 bits per heavy atom. The number of carbonyl (C=O) groups excluding carboxylic acids is 2. The summed E-state index contributed by atoms with van der Waals surface area (Å²) in [5.74, 6) is -0.312. The Labute approximate surface area is 108 Å². The van der Waals surface area contributed by atoms with E-state index < -0.39 is 0 Å². The predicted molar refractivity (Wildman–Crippen MR) is 66.0 cm³/mol. The molecule has 0 aromatic carbocycles. The Hall–Kier alpha value is -1.14. The molecule has 0 aromatic heterocycles. The van der Waals surface area contributed by atoms with Crippen LogP contribution in [0, 0.1) is 5.92 Å². The third kappa shape index (κ3) is 3.96. The van der Waals surface area contributed by atoms with Crippen molar-refractivity contribution in [3.05, 3.63) is 0 Å². The van der Waals surface area contributed by atoms with Gasteiger partial charge in [0.2, 0.25) is 11.8 Å². The molecule has 0 aliphatic carbocycles. The van der Waals surface area contributed by atoms with E-state index >= 15 is 0 Å². The molecule has 1 heterocycles. The Kier molecular flexibility index (Phi) is 6.07. The molecule has 1 aliphatic heterocycles. The summed E-state index contributed by atoms with van der Waals surface area (Å²) < 4.78 is 9.89. The van der Waals surface area contributed by atoms with Gasteiger partial charge in [0, 0.05) is 33.7 Å². The minimum absolute atomic E-state index is 0.0132. The maximum Gasteiger partial charge on any atom is 0.225 e. The summed E-state index contributed by atoms with van der Waals surface area (Å²) in [7, 11) is 3.19. The number of hydrogen-bond donors (Lipinski definition) is 1. The van der Waals surface area contributed by atoms with Crippen LogP contribution in [0.5, 0.6) is 0 Å². The van der Waals surface area contributed by atoms with Crippen LogP contribution in [-0.2, 0) is 19.1 Å². The second-order valence-corrected chi connectivity index (χ2v) is 4.54. The van der Waals surface area contributed by atoms with Crippen molar-refractivity contribution in [3.8, 4) is 0 Å². The number of carbonyl (C=O) groups is 2. The van der Waals surface area contributed by atoms with Gasteiger partial charge in [-0.05, 0) is 6.92 Å². The van der Waals surface area contributed by atoms with Crippen LogP contribution in [0.2, 0.25) is 0 Å². The summed E-state index contributed by atoms with van der Waals surface area (Å²) in [4.78, 5) is 25.3. The first-order valence-electron chi connectivity index (χ1n) is 6.15. The number of hydrogen-bond acceptors (Lipinski definition) is 4. The van der Waals surface area contributed by atoms with E-state index in [1.165, 1.54) is 0 Å². The summed E-state index contributed by atoms with van der Waals surface area (Å²) >= 11 is 0. The van der Waals surface area contributed by atoms with Gasteiger partial charge in [-0.15, -0.1) is 0 Å². The maximum atomic E-state index is 11.8. The zero-order chi connectivity index (χ0) is 13.5. The molecule has 104 valence electrons. The zero-order valence-electron chi connectivity index (χ0n) is 11.3. The Balaban J connectivity index is 2.42. The highest BCUT2D eigenvalue weighted by molar-refractivity contribution is 5.89. The highest BCUT2D eigenvalue weighted by atomic mass is 16.5. The molecule has 0 bridgehead atoms. The minimum atomic E-state index is -0.256. The number of rotatable bonds is 7. The van der Waals surface area contributed by atoms with Gasteiger partial charge in [-0.3, -0.25) is 9.59 Å². The average Bonchev–Trinajstić information content (AvgIpc) is 2.72. The van der Waals surface area contributed by atoms with E-state index in [1.807, 2.05) is 6.92 Å². The molecule has 2 atom stereocenters. The van der Waals surface area contributed by atoms with E-state index in [1.54, 1.807) is 19.1 Å². The molecule has 1 fully saturated rings. The number of nitrogens with zero attached hydrogens (tertiary/aromatic N) is 1. The molecule has 1 saturated heterocycles. The van der Waals surface area contributed by atoms with E-state index in [4.69, 9.17) is 9.47 Å². The summed E-state index contributed by atoms with van der Waals surface area (Å²) in [6.07, 6.45) is 0.285. The molecule has 1 aliphatic rings. The highest BCUT2D eigenvalue weighted by Gasteiger charge is 2.36. The second-order valence-electron chi connectivity index (χ2n) is 4.54. The topological polar surface area (TPSA) is 67.9 Å². The van der Waals surface area contributed by atoms with Gasteiger partial charge in [-0.25, -0.2) is 0 Å². The standard InChI is InChI=1S/C12H22N2O4/c1-9(8-18-3)14-7-10(6-11(14)15)12(16)13-4-5-17-2/h9-10H,4-8H2,1-3H3,(H,13,16)/t9-,10-/m0/s1. The lowest BCUT2D eigenvalue weighted by Gasteiger charge is -2.23. The van der Waals surface area contributed by atoms with Crippen molar-refractivity contribution in [3.63, 3.8) is 0 Å². The van der Waals surface area contributed by atoms with Crippen molar-refractivity contribution in [2.24, 2.45) is 5.92 Å². The number of ether oxygens (including phenoxy) is 2. The van der Waals surface area contributed by atoms with Gasteiger partial charge >= 0.3 is 0 Å². The number of nitrogens with one attached hydrogen (secondary N) is 1. The molecule has 1 N–H and O–H groups in total. The molecular weight excluding hydrogens is 236 g/mol. The van der Waals surface area contributed by atoms with Gasteiger partial charge in [0.15, 0.2) is 0 Å². The van der Waals surface area contributed by atoms with Crippen LogP contribution in [0.4, 0.5) is 0 Å². The largest absolute Gasteiger partial charge is 0.383 e. The van der Waals surface area contributed by atoms with Crippen molar-refractivity contribution in [2.75, 3.05) is 40.5 Å². The minimum Gasteiger partial charge on any atom is -0.383 e. The molecule has 0 unspecified atom stereocenters. The van der Waals surface area contributed by atoms with Gasteiger partial charge in [0.25, 0.3) is 0 Å². The third-order valence-corrected chi connectivity index (χ3v) is 3.07. The summed E-state index contributed by atoms with van der Waals surface area (Å²) in [5.41, 5.74) is 0. The Morgan fingerprint density at radius 3 is 2.83 bits per heavy atom. The third-order valence-electron chi connectivity index (χ3n) is 3.07.